The number of rotatable bonds is 5. The highest BCUT2D eigenvalue weighted by Gasteiger charge is 2.07. The van der Waals surface area contributed by atoms with Gasteiger partial charge in [0.25, 0.3) is 0 Å². The monoisotopic (exact) mass is 280 g/mol. The fraction of sp³-hybridized carbons (Fsp3) is 0.333. The van der Waals surface area contributed by atoms with Gasteiger partial charge in [0.05, 0.1) is 6.54 Å². The largest absolute Gasteiger partial charge is 0.349 e. The first-order valence-corrected chi connectivity index (χ1v) is 6.75. The standard InChI is InChI=1S/C15H18ClFN2/c1-11(2)18-8-12-6-7-19(9-12)10-13-14(16)4-3-5-15(13)17/h3-7,9,11,18H,8,10H2,1-2H3. The number of nitrogens with zero attached hydrogens (tertiary/aromatic N) is 1. The molecule has 1 N–H and O–H groups in total. The zero-order valence-corrected chi connectivity index (χ0v) is 11.9. The molecule has 19 heavy (non-hydrogen) atoms. The molecule has 0 saturated heterocycles. The van der Waals surface area contributed by atoms with Crippen LogP contribution < -0.4 is 5.32 Å². The van der Waals surface area contributed by atoms with E-state index in [1.165, 1.54) is 11.6 Å². The van der Waals surface area contributed by atoms with E-state index < -0.39 is 0 Å². The van der Waals surface area contributed by atoms with Gasteiger partial charge in [-0.15, -0.1) is 0 Å². The molecule has 1 aromatic carbocycles. The molecule has 0 amide bonds. The summed E-state index contributed by atoms with van der Waals surface area (Å²) in [4.78, 5) is 0. The average Bonchev–Trinajstić information content (AvgIpc) is 2.79. The summed E-state index contributed by atoms with van der Waals surface area (Å²) >= 11 is 6.02. The van der Waals surface area contributed by atoms with Crippen molar-refractivity contribution < 1.29 is 4.39 Å². The molecule has 2 nitrogen and oxygen atoms in total. The van der Waals surface area contributed by atoms with Crippen LogP contribution in [0.5, 0.6) is 0 Å². The van der Waals surface area contributed by atoms with Crippen LogP contribution in [0.25, 0.3) is 0 Å². The van der Waals surface area contributed by atoms with Crippen molar-refractivity contribution in [3.63, 3.8) is 0 Å². The quantitative estimate of drug-likeness (QED) is 0.881. The Hall–Kier alpha value is -1.32. The third kappa shape index (κ3) is 3.82. The zero-order chi connectivity index (χ0) is 13.8. The van der Waals surface area contributed by atoms with E-state index >= 15 is 0 Å². The minimum atomic E-state index is -0.261. The van der Waals surface area contributed by atoms with E-state index in [0.717, 1.165) is 6.54 Å². The SMILES string of the molecule is CC(C)NCc1ccn(Cc2c(F)cccc2Cl)c1. The number of aromatic nitrogens is 1. The van der Waals surface area contributed by atoms with Crippen molar-refractivity contribution in [3.8, 4) is 0 Å². The fourth-order valence-electron chi connectivity index (χ4n) is 1.88. The summed E-state index contributed by atoms with van der Waals surface area (Å²) in [6, 6.07) is 7.25. The molecule has 0 saturated carbocycles. The number of hydrogen-bond donors (Lipinski definition) is 1. The van der Waals surface area contributed by atoms with Gasteiger partial charge in [0.1, 0.15) is 5.82 Å². The maximum absolute atomic E-state index is 13.7. The molecule has 1 heterocycles. The van der Waals surface area contributed by atoms with Crippen molar-refractivity contribution in [2.24, 2.45) is 0 Å². The fourth-order valence-corrected chi connectivity index (χ4v) is 2.10. The molecule has 0 bridgehead atoms. The van der Waals surface area contributed by atoms with Crippen molar-refractivity contribution in [1.82, 2.24) is 9.88 Å². The maximum Gasteiger partial charge on any atom is 0.129 e. The predicted molar refractivity (Wildman–Crippen MR) is 76.9 cm³/mol. The van der Waals surface area contributed by atoms with E-state index in [4.69, 9.17) is 11.6 Å². The van der Waals surface area contributed by atoms with Gasteiger partial charge in [-0.3, -0.25) is 0 Å². The number of halogens is 2. The molecule has 0 aliphatic carbocycles. The molecule has 102 valence electrons. The van der Waals surface area contributed by atoms with Crippen LogP contribution >= 0.6 is 11.6 Å². The van der Waals surface area contributed by atoms with Crippen LogP contribution in [0.2, 0.25) is 5.02 Å². The van der Waals surface area contributed by atoms with Gasteiger partial charge in [-0.2, -0.15) is 0 Å². The van der Waals surface area contributed by atoms with Gasteiger partial charge in [0.2, 0.25) is 0 Å². The Bertz CT molecular complexity index is 529. The van der Waals surface area contributed by atoms with Gasteiger partial charge in [-0.1, -0.05) is 31.5 Å². The molecule has 0 radical (unpaired) electrons. The molecule has 0 aliphatic rings. The Kier molecular flexibility index (Phi) is 4.61. The first kappa shape index (κ1) is 14.1. The summed E-state index contributed by atoms with van der Waals surface area (Å²) in [5.41, 5.74) is 1.71. The third-order valence-corrected chi connectivity index (χ3v) is 3.28. The molecular formula is C15H18ClFN2. The molecule has 0 atom stereocenters. The summed E-state index contributed by atoms with van der Waals surface area (Å²) in [6.45, 7) is 5.48. The Morgan fingerprint density at radius 1 is 1.32 bits per heavy atom. The highest BCUT2D eigenvalue weighted by Crippen LogP contribution is 2.20. The number of benzene rings is 1. The normalized spacial score (nSPS) is 11.2. The summed E-state index contributed by atoms with van der Waals surface area (Å²) in [7, 11) is 0. The van der Waals surface area contributed by atoms with Crippen molar-refractivity contribution in [2.75, 3.05) is 0 Å². The van der Waals surface area contributed by atoms with Gasteiger partial charge in [-0.25, -0.2) is 4.39 Å². The lowest BCUT2D eigenvalue weighted by Gasteiger charge is -2.08. The summed E-state index contributed by atoms with van der Waals surface area (Å²) in [5, 5.41) is 3.82. The predicted octanol–water partition coefficient (Wildman–Crippen LogP) is 3.83. The van der Waals surface area contributed by atoms with E-state index in [-0.39, 0.29) is 5.82 Å². The topological polar surface area (TPSA) is 17.0 Å². The Morgan fingerprint density at radius 3 is 2.79 bits per heavy atom. The third-order valence-electron chi connectivity index (χ3n) is 2.93. The summed E-state index contributed by atoms with van der Waals surface area (Å²) in [5.74, 6) is -0.261. The molecule has 0 unspecified atom stereocenters. The second kappa shape index (κ2) is 6.22. The minimum absolute atomic E-state index is 0.261. The van der Waals surface area contributed by atoms with Gasteiger partial charge >= 0.3 is 0 Å². The Morgan fingerprint density at radius 2 is 2.11 bits per heavy atom. The maximum atomic E-state index is 13.7. The lowest BCUT2D eigenvalue weighted by Crippen LogP contribution is -2.21. The molecule has 2 rings (SSSR count). The van der Waals surface area contributed by atoms with Crippen molar-refractivity contribution in [1.29, 1.82) is 0 Å². The smallest absolute Gasteiger partial charge is 0.129 e. The van der Waals surface area contributed by atoms with Gasteiger partial charge < -0.3 is 9.88 Å². The second-order valence-corrected chi connectivity index (χ2v) is 5.34. The van der Waals surface area contributed by atoms with Crippen molar-refractivity contribution >= 4 is 11.6 Å². The number of nitrogens with one attached hydrogen (secondary N) is 1. The Balaban J connectivity index is 2.07. The van der Waals surface area contributed by atoms with Gasteiger partial charge in [0.15, 0.2) is 0 Å². The van der Waals surface area contributed by atoms with E-state index in [2.05, 4.69) is 19.2 Å². The van der Waals surface area contributed by atoms with Crippen molar-refractivity contribution in [2.45, 2.75) is 33.0 Å². The van der Waals surface area contributed by atoms with Crippen LogP contribution in [0.15, 0.2) is 36.7 Å². The first-order chi connectivity index (χ1) is 9.06. The highest BCUT2D eigenvalue weighted by molar-refractivity contribution is 6.31. The average molecular weight is 281 g/mol. The molecule has 2 aromatic rings. The van der Waals surface area contributed by atoms with Gasteiger partial charge in [-0.05, 0) is 23.8 Å². The second-order valence-electron chi connectivity index (χ2n) is 4.93. The van der Waals surface area contributed by atoms with Crippen LogP contribution in [0.4, 0.5) is 4.39 Å². The summed E-state index contributed by atoms with van der Waals surface area (Å²) < 4.78 is 15.6. The molecule has 1 aromatic heterocycles. The molecule has 0 aliphatic heterocycles. The lowest BCUT2D eigenvalue weighted by molar-refractivity contribution is 0.586. The molecular weight excluding hydrogens is 263 g/mol. The first-order valence-electron chi connectivity index (χ1n) is 6.37. The van der Waals surface area contributed by atoms with Gasteiger partial charge in [0, 0.05) is 35.6 Å². The van der Waals surface area contributed by atoms with E-state index in [1.807, 2.05) is 23.0 Å². The Labute approximate surface area is 118 Å². The van der Waals surface area contributed by atoms with E-state index in [1.54, 1.807) is 12.1 Å². The zero-order valence-electron chi connectivity index (χ0n) is 11.2. The molecule has 4 heteroatoms. The van der Waals surface area contributed by atoms with Crippen LogP contribution in [-0.4, -0.2) is 10.6 Å². The molecule has 0 fully saturated rings. The van der Waals surface area contributed by atoms with E-state index in [9.17, 15) is 4.39 Å². The van der Waals surface area contributed by atoms with Crippen LogP contribution in [-0.2, 0) is 13.1 Å². The van der Waals surface area contributed by atoms with E-state index in [0.29, 0.717) is 23.2 Å². The minimum Gasteiger partial charge on any atom is -0.349 e. The molecule has 0 spiro atoms. The van der Waals surface area contributed by atoms with Crippen LogP contribution in [0.3, 0.4) is 0 Å². The van der Waals surface area contributed by atoms with Crippen LogP contribution in [0.1, 0.15) is 25.0 Å². The number of hydrogen-bond acceptors (Lipinski definition) is 1. The lowest BCUT2D eigenvalue weighted by atomic mass is 10.2. The highest BCUT2D eigenvalue weighted by atomic mass is 35.5. The van der Waals surface area contributed by atoms with Crippen LogP contribution in [0, 0.1) is 5.82 Å². The summed E-state index contributed by atoms with van der Waals surface area (Å²) in [6.07, 6.45) is 3.96. The van der Waals surface area contributed by atoms with Crippen molar-refractivity contribution in [3.05, 3.63) is 58.6 Å².